The first-order chi connectivity index (χ1) is 10.1. The SMILES string of the molecule is CN(C)C1(CNC(=O)CCC2CCNCC2)CCCCC1. The van der Waals surface area contributed by atoms with Crippen LogP contribution in [0.4, 0.5) is 0 Å². The Morgan fingerprint density at radius 2 is 1.86 bits per heavy atom. The summed E-state index contributed by atoms with van der Waals surface area (Å²) in [6, 6.07) is 0. The van der Waals surface area contributed by atoms with Gasteiger partial charge in [0, 0.05) is 18.5 Å². The minimum absolute atomic E-state index is 0.197. The van der Waals surface area contributed by atoms with E-state index < -0.39 is 0 Å². The number of rotatable bonds is 6. The Labute approximate surface area is 130 Å². The number of nitrogens with zero attached hydrogens (tertiary/aromatic N) is 1. The summed E-state index contributed by atoms with van der Waals surface area (Å²) in [5.74, 6) is 0.995. The van der Waals surface area contributed by atoms with Crippen molar-refractivity contribution in [3.63, 3.8) is 0 Å². The predicted octanol–water partition coefficient (Wildman–Crippen LogP) is 2.15. The van der Waals surface area contributed by atoms with Gasteiger partial charge in [0.05, 0.1) is 0 Å². The molecule has 0 radical (unpaired) electrons. The summed E-state index contributed by atoms with van der Waals surface area (Å²) in [7, 11) is 4.32. The molecule has 0 bridgehead atoms. The van der Waals surface area contributed by atoms with Crippen LogP contribution in [-0.2, 0) is 4.79 Å². The highest BCUT2D eigenvalue weighted by atomic mass is 16.1. The number of nitrogens with one attached hydrogen (secondary N) is 2. The molecule has 1 heterocycles. The Hall–Kier alpha value is -0.610. The fraction of sp³-hybridized carbons (Fsp3) is 0.941. The van der Waals surface area contributed by atoms with E-state index >= 15 is 0 Å². The van der Waals surface area contributed by atoms with Crippen LogP contribution in [0, 0.1) is 5.92 Å². The number of hydrogen-bond donors (Lipinski definition) is 2. The highest BCUT2D eigenvalue weighted by molar-refractivity contribution is 5.75. The van der Waals surface area contributed by atoms with E-state index in [9.17, 15) is 4.79 Å². The fourth-order valence-corrected chi connectivity index (χ4v) is 3.85. The van der Waals surface area contributed by atoms with Crippen LogP contribution in [0.3, 0.4) is 0 Å². The maximum Gasteiger partial charge on any atom is 0.220 e. The van der Waals surface area contributed by atoms with E-state index in [0.717, 1.165) is 32.0 Å². The average molecular weight is 295 g/mol. The van der Waals surface area contributed by atoms with Gasteiger partial charge in [-0.15, -0.1) is 0 Å². The summed E-state index contributed by atoms with van der Waals surface area (Å²) in [4.78, 5) is 14.5. The molecule has 2 rings (SSSR count). The normalized spacial score (nSPS) is 23.2. The number of piperidine rings is 1. The second kappa shape index (κ2) is 8.14. The van der Waals surface area contributed by atoms with Gasteiger partial charge in [-0.2, -0.15) is 0 Å². The van der Waals surface area contributed by atoms with E-state index in [-0.39, 0.29) is 11.4 Å². The molecule has 21 heavy (non-hydrogen) atoms. The summed E-state index contributed by atoms with van der Waals surface area (Å²) < 4.78 is 0. The van der Waals surface area contributed by atoms with Crippen molar-refractivity contribution in [2.45, 2.75) is 63.3 Å². The van der Waals surface area contributed by atoms with E-state index in [1.165, 1.54) is 44.9 Å². The summed E-state index contributed by atoms with van der Waals surface area (Å²) in [6.45, 7) is 3.07. The lowest BCUT2D eigenvalue weighted by atomic mass is 9.80. The third-order valence-corrected chi connectivity index (χ3v) is 5.59. The molecule has 1 aliphatic heterocycles. The van der Waals surface area contributed by atoms with E-state index in [2.05, 4.69) is 29.6 Å². The van der Waals surface area contributed by atoms with Crippen molar-refractivity contribution in [1.29, 1.82) is 0 Å². The van der Waals surface area contributed by atoms with Crippen molar-refractivity contribution in [2.75, 3.05) is 33.7 Å². The van der Waals surface area contributed by atoms with Gasteiger partial charge in [-0.25, -0.2) is 0 Å². The molecule has 1 amide bonds. The molecule has 122 valence electrons. The van der Waals surface area contributed by atoms with Crippen molar-refractivity contribution in [3.8, 4) is 0 Å². The molecule has 0 aromatic rings. The molecule has 1 aliphatic carbocycles. The third kappa shape index (κ3) is 4.96. The lowest BCUT2D eigenvalue weighted by Crippen LogP contribution is -2.53. The topological polar surface area (TPSA) is 44.4 Å². The van der Waals surface area contributed by atoms with E-state index in [1.807, 2.05) is 0 Å². The fourth-order valence-electron chi connectivity index (χ4n) is 3.85. The zero-order valence-corrected chi connectivity index (χ0v) is 13.9. The van der Waals surface area contributed by atoms with Gasteiger partial charge in [0.25, 0.3) is 0 Å². The Bertz CT molecular complexity index is 318. The van der Waals surface area contributed by atoms with Crippen LogP contribution in [0.5, 0.6) is 0 Å². The second-order valence-corrected chi connectivity index (χ2v) is 7.19. The van der Waals surface area contributed by atoms with Crippen molar-refractivity contribution < 1.29 is 4.79 Å². The number of hydrogen-bond acceptors (Lipinski definition) is 3. The van der Waals surface area contributed by atoms with Crippen molar-refractivity contribution in [2.24, 2.45) is 5.92 Å². The van der Waals surface area contributed by atoms with Crippen molar-refractivity contribution in [3.05, 3.63) is 0 Å². The third-order valence-electron chi connectivity index (χ3n) is 5.59. The molecule has 0 aromatic heterocycles. The minimum atomic E-state index is 0.197. The standard InChI is InChI=1S/C17H33N3O/c1-20(2)17(10-4-3-5-11-17)14-19-16(21)7-6-15-8-12-18-13-9-15/h15,18H,3-14H2,1-2H3,(H,19,21). The summed E-state index contributed by atoms with van der Waals surface area (Å²) in [5.41, 5.74) is 0.197. The Morgan fingerprint density at radius 1 is 1.19 bits per heavy atom. The highest BCUT2D eigenvalue weighted by Crippen LogP contribution is 2.31. The summed E-state index contributed by atoms with van der Waals surface area (Å²) in [6.07, 6.45) is 10.6. The largest absolute Gasteiger partial charge is 0.354 e. The van der Waals surface area contributed by atoms with E-state index in [4.69, 9.17) is 0 Å². The Kier molecular flexibility index (Phi) is 6.49. The lowest BCUT2D eigenvalue weighted by Gasteiger charge is -2.43. The molecule has 0 unspecified atom stereocenters. The maximum atomic E-state index is 12.1. The molecule has 4 heteroatoms. The van der Waals surface area contributed by atoms with E-state index in [1.54, 1.807) is 0 Å². The molecule has 0 spiro atoms. The van der Waals surface area contributed by atoms with Gasteiger partial charge < -0.3 is 15.5 Å². The van der Waals surface area contributed by atoms with Gasteiger partial charge in [0.15, 0.2) is 0 Å². The Morgan fingerprint density at radius 3 is 2.48 bits per heavy atom. The smallest absolute Gasteiger partial charge is 0.220 e. The van der Waals surface area contributed by atoms with Crippen molar-refractivity contribution >= 4 is 5.91 Å². The zero-order chi connectivity index (χ0) is 15.1. The summed E-state index contributed by atoms with van der Waals surface area (Å²) >= 11 is 0. The van der Waals surface area contributed by atoms with Gasteiger partial charge in [0.1, 0.15) is 0 Å². The van der Waals surface area contributed by atoms with Gasteiger partial charge in [-0.05, 0) is 65.2 Å². The number of carbonyl (C=O) groups is 1. The maximum absolute atomic E-state index is 12.1. The summed E-state index contributed by atoms with van der Waals surface area (Å²) in [5, 5.41) is 6.60. The van der Waals surface area contributed by atoms with Gasteiger partial charge >= 0.3 is 0 Å². The molecular weight excluding hydrogens is 262 g/mol. The van der Waals surface area contributed by atoms with Gasteiger partial charge in [-0.1, -0.05) is 19.3 Å². The molecule has 1 saturated heterocycles. The molecule has 0 aromatic carbocycles. The van der Waals surface area contributed by atoms with E-state index in [0.29, 0.717) is 6.42 Å². The number of likely N-dealkylation sites (N-methyl/N-ethyl adjacent to an activating group) is 1. The first-order valence-electron chi connectivity index (χ1n) is 8.77. The molecule has 2 aliphatic rings. The van der Waals surface area contributed by atoms with Crippen LogP contribution in [-0.4, -0.2) is 50.1 Å². The molecule has 2 N–H and O–H groups in total. The minimum Gasteiger partial charge on any atom is -0.354 e. The van der Waals surface area contributed by atoms with Gasteiger partial charge in [-0.3, -0.25) is 4.79 Å². The number of carbonyl (C=O) groups excluding carboxylic acids is 1. The molecule has 0 atom stereocenters. The van der Waals surface area contributed by atoms with Crippen LogP contribution in [0.15, 0.2) is 0 Å². The Balaban J connectivity index is 1.71. The first-order valence-corrected chi connectivity index (χ1v) is 8.77. The second-order valence-electron chi connectivity index (χ2n) is 7.19. The van der Waals surface area contributed by atoms with Crippen LogP contribution < -0.4 is 10.6 Å². The first kappa shape index (κ1) is 16.8. The molecule has 1 saturated carbocycles. The monoisotopic (exact) mass is 295 g/mol. The predicted molar refractivity (Wildman–Crippen MR) is 87.3 cm³/mol. The van der Waals surface area contributed by atoms with Crippen LogP contribution in [0.1, 0.15) is 57.8 Å². The van der Waals surface area contributed by atoms with Crippen LogP contribution in [0.25, 0.3) is 0 Å². The molecular formula is C17H33N3O. The average Bonchev–Trinajstić information content (AvgIpc) is 2.52. The molecule has 2 fully saturated rings. The molecule has 4 nitrogen and oxygen atoms in total. The van der Waals surface area contributed by atoms with Gasteiger partial charge in [0.2, 0.25) is 5.91 Å². The zero-order valence-electron chi connectivity index (χ0n) is 13.9. The van der Waals surface area contributed by atoms with Crippen LogP contribution >= 0.6 is 0 Å². The lowest BCUT2D eigenvalue weighted by molar-refractivity contribution is -0.122. The van der Waals surface area contributed by atoms with Crippen molar-refractivity contribution in [1.82, 2.24) is 15.5 Å². The quantitative estimate of drug-likeness (QED) is 0.789. The number of amides is 1. The highest BCUT2D eigenvalue weighted by Gasteiger charge is 2.34. The van der Waals surface area contributed by atoms with Crippen LogP contribution in [0.2, 0.25) is 0 Å².